The first-order chi connectivity index (χ1) is 13.6. The molecule has 0 rings (SSSR count). The van der Waals surface area contributed by atoms with E-state index >= 15 is 0 Å². The van der Waals surface area contributed by atoms with Crippen molar-refractivity contribution >= 4 is 12.4 Å². The van der Waals surface area contributed by atoms with Crippen molar-refractivity contribution < 1.29 is 24.3 Å². The molecular formula is C23H47NO4. The fraction of sp³-hybridized carbons (Fsp3) is 0.913. The van der Waals surface area contributed by atoms with E-state index in [4.69, 9.17) is 14.6 Å². The van der Waals surface area contributed by atoms with Gasteiger partial charge < -0.3 is 19.5 Å². The fourth-order valence-electron chi connectivity index (χ4n) is 3.08. The lowest BCUT2D eigenvalue weighted by Gasteiger charge is -2.08. The molecule has 168 valence electrons. The number of hydrogen-bond donors (Lipinski definition) is 1. The number of rotatable bonds is 19. The summed E-state index contributed by atoms with van der Waals surface area (Å²) in [6.07, 6.45) is 20.9. The smallest absolute Gasteiger partial charge is 0.305 e. The van der Waals surface area contributed by atoms with Crippen LogP contribution in [0.15, 0.2) is 0 Å². The molecule has 0 aromatic rings. The van der Waals surface area contributed by atoms with Gasteiger partial charge in [0.05, 0.1) is 14.1 Å². The molecule has 0 aliphatic carbocycles. The molecule has 0 unspecified atom stereocenters. The van der Waals surface area contributed by atoms with Gasteiger partial charge in [0.1, 0.15) is 13.2 Å². The zero-order chi connectivity index (χ0) is 21.3. The van der Waals surface area contributed by atoms with Gasteiger partial charge in [0.2, 0.25) is 0 Å². The Morgan fingerprint density at radius 1 is 0.786 bits per heavy atom. The Hall–Kier alpha value is -1.10. The Morgan fingerprint density at radius 3 is 1.50 bits per heavy atom. The second kappa shape index (κ2) is 25.9. The number of unbranched alkanes of at least 4 members (excludes halogenated alkanes) is 14. The number of carbonyl (C=O) groups excluding carboxylic acids is 2. The first-order valence-corrected chi connectivity index (χ1v) is 11.6. The van der Waals surface area contributed by atoms with Crippen LogP contribution in [-0.4, -0.2) is 39.7 Å². The van der Waals surface area contributed by atoms with Crippen LogP contribution in [0.2, 0.25) is 0 Å². The third-order valence-corrected chi connectivity index (χ3v) is 4.85. The minimum atomic E-state index is -0.500. The average molecular weight is 402 g/mol. The minimum Gasteiger partial charge on any atom is -0.554 e. The standard InChI is InChI=1S/C22H45NO2.CH2O2/c1-4-5-6-7-8-9-10-11-12-13-14-15-16-17-18-19-22(24)25-21-20-23(2)3;2-1-3/h4-21H2,1-3H3;1H,(H,2,3). The van der Waals surface area contributed by atoms with Gasteiger partial charge in [-0.15, -0.1) is 0 Å². The van der Waals surface area contributed by atoms with E-state index in [0.29, 0.717) is 13.0 Å². The maximum absolute atomic E-state index is 11.5. The molecule has 0 radical (unpaired) electrons. The fourth-order valence-corrected chi connectivity index (χ4v) is 3.08. The third-order valence-electron chi connectivity index (χ3n) is 4.85. The van der Waals surface area contributed by atoms with Crippen LogP contribution in [0.25, 0.3) is 0 Å². The van der Waals surface area contributed by atoms with Crippen LogP contribution in [0.3, 0.4) is 0 Å². The molecule has 0 aromatic heterocycles. The lowest BCUT2D eigenvalue weighted by atomic mass is 10.0. The van der Waals surface area contributed by atoms with Crippen molar-refractivity contribution in [2.45, 2.75) is 110 Å². The van der Waals surface area contributed by atoms with Crippen molar-refractivity contribution in [2.24, 2.45) is 0 Å². The minimum absolute atomic E-state index is 0.0176. The first-order valence-electron chi connectivity index (χ1n) is 11.6. The van der Waals surface area contributed by atoms with E-state index in [0.717, 1.165) is 13.0 Å². The Morgan fingerprint density at radius 2 is 1.14 bits per heavy atom. The summed E-state index contributed by atoms with van der Waals surface area (Å²) < 4.78 is 5.21. The molecule has 0 saturated carbocycles. The lowest BCUT2D eigenvalue weighted by molar-refractivity contribution is -0.858. The van der Waals surface area contributed by atoms with E-state index in [9.17, 15) is 4.79 Å². The molecule has 5 heteroatoms. The number of likely N-dealkylation sites (N-methyl/N-ethyl adjacent to an activating group) is 1. The molecule has 0 heterocycles. The van der Waals surface area contributed by atoms with Crippen molar-refractivity contribution in [3.8, 4) is 0 Å². The van der Waals surface area contributed by atoms with Crippen molar-refractivity contribution in [1.82, 2.24) is 0 Å². The molecule has 0 saturated heterocycles. The molecule has 0 aromatic carbocycles. The van der Waals surface area contributed by atoms with Crippen LogP contribution in [-0.2, 0) is 14.3 Å². The van der Waals surface area contributed by atoms with E-state index in [-0.39, 0.29) is 5.97 Å². The SMILES string of the molecule is CCCCCCCCCCCCCCCCCC(=O)OCC[NH+](C)C.O=C[O-]. The summed E-state index contributed by atoms with van der Waals surface area (Å²) in [6.45, 7) is 3.23. The zero-order valence-electron chi connectivity index (χ0n) is 18.9. The van der Waals surface area contributed by atoms with Crippen molar-refractivity contribution in [1.29, 1.82) is 0 Å². The Labute approximate surface area is 174 Å². The monoisotopic (exact) mass is 401 g/mol. The molecule has 0 aliphatic rings. The van der Waals surface area contributed by atoms with Crippen LogP contribution in [0, 0.1) is 0 Å². The van der Waals surface area contributed by atoms with Crippen LogP contribution in [0.1, 0.15) is 110 Å². The van der Waals surface area contributed by atoms with Crippen LogP contribution >= 0.6 is 0 Å². The normalized spacial score (nSPS) is 10.4. The highest BCUT2D eigenvalue weighted by molar-refractivity contribution is 5.69. The number of ether oxygens (including phenoxy) is 1. The van der Waals surface area contributed by atoms with Gasteiger partial charge >= 0.3 is 5.97 Å². The van der Waals surface area contributed by atoms with E-state index in [2.05, 4.69) is 21.0 Å². The summed E-state index contributed by atoms with van der Waals surface area (Å²) in [6, 6.07) is 0. The lowest BCUT2D eigenvalue weighted by Crippen LogP contribution is -3.06. The Bertz CT molecular complexity index is 322. The number of carboxylic acid groups (broad SMARTS) is 1. The van der Waals surface area contributed by atoms with Gasteiger partial charge in [0, 0.05) is 12.9 Å². The number of quaternary nitrogens is 1. The predicted octanol–water partition coefficient (Wildman–Crippen LogP) is 3.30. The zero-order valence-corrected chi connectivity index (χ0v) is 18.9. The highest BCUT2D eigenvalue weighted by atomic mass is 16.5. The van der Waals surface area contributed by atoms with E-state index in [1.54, 1.807) is 0 Å². The predicted molar refractivity (Wildman–Crippen MR) is 114 cm³/mol. The molecule has 1 N–H and O–H groups in total. The maximum atomic E-state index is 11.5. The Kier molecular flexibility index (Phi) is 26.9. The van der Waals surface area contributed by atoms with Crippen LogP contribution < -0.4 is 10.0 Å². The van der Waals surface area contributed by atoms with Crippen molar-refractivity contribution in [2.75, 3.05) is 27.2 Å². The molecule has 5 nitrogen and oxygen atoms in total. The summed E-state index contributed by atoms with van der Waals surface area (Å²) >= 11 is 0. The third kappa shape index (κ3) is 29.7. The van der Waals surface area contributed by atoms with Crippen molar-refractivity contribution in [3.63, 3.8) is 0 Å². The molecule has 0 spiro atoms. The number of carbonyl (C=O) groups is 2. The molecule has 0 fully saturated rings. The van der Waals surface area contributed by atoms with Gasteiger partial charge in [-0.1, -0.05) is 96.8 Å². The van der Waals surface area contributed by atoms with E-state index in [1.807, 2.05) is 0 Å². The first kappa shape index (κ1) is 29.1. The van der Waals surface area contributed by atoms with E-state index in [1.165, 1.54) is 94.8 Å². The van der Waals surface area contributed by atoms with Gasteiger partial charge in [0.25, 0.3) is 0 Å². The van der Waals surface area contributed by atoms with E-state index < -0.39 is 6.47 Å². The van der Waals surface area contributed by atoms with Gasteiger partial charge in [-0.2, -0.15) is 0 Å². The molecule has 0 bridgehead atoms. The van der Waals surface area contributed by atoms with Gasteiger partial charge in [0.15, 0.2) is 0 Å². The van der Waals surface area contributed by atoms with Gasteiger partial charge in [-0.25, -0.2) is 0 Å². The summed E-state index contributed by atoms with van der Waals surface area (Å²) in [5, 5.41) is 8.25. The molecule has 0 aliphatic heterocycles. The number of nitrogens with one attached hydrogen (secondary N) is 1. The quantitative estimate of drug-likeness (QED) is 0.205. The number of esters is 1. The maximum Gasteiger partial charge on any atom is 0.305 e. The second-order valence-corrected chi connectivity index (χ2v) is 7.97. The molecule has 28 heavy (non-hydrogen) atoms. The Balaban J connectivity index is 0. The van der Waals surface area contributed by atoms with Crippen molar-refractivity contribution in [3.05, 3.63) is 0 Å². The highest BCUT2D eigenvalue weighted by Gasteiger charge is 2.03. The number of hydrogen-bond acceptors (Lipinski definition) is 4. The summed E-state index contributed by atoms with van der Waals surface area (Å²) in [5.74, 6) is -0.0176. The molecular weight excluding hydrogens is 354 g/mol. The topological polar surface area (TPSA) is 70.9 Å². The summed E-state index contributed by atoms with van der Waals surface area (Å²) in [7, 11) is 4.14. The van der Waals surface area contributed by atoms with Gasteiger partial charge in [-0.05, 0) is 6.42 Å². The largest absolute Gasteiger partial charge is 0.554 e. The average Bonchev–Trinajstić information content (AvgIpc) is 2.65. The summed E-state index contributed by atoms with van der Waals surface area (Å²) in [5.41, 5.74) is 0. The second-order valence-electron chi connectivity index (χ2n) is 7.97. The highest BCUT2D eigenvalue weighted by Crippen LogP contribution is 2.13. The molecule has 0 amide bonds. The van der Waals surface area contributed by atoms with Gasteiger partial charge in [-0.3, -0.25) is 4.79 Å². The molecule has 0 atom stereocenters. The van der Waals surface area contributed by atoms with Crippen LogP contribution in [0.5, 0.6) is 0 Å². The van der Waals surface area contributed by atoms with Crippen LogP contribution in [0.4, 0.5) is 0 Å². The summed E-state index contributed by atoms with van der Waals surface area (Å²) in [4.78, 5) is 21.1.